The molecule has 0 radical (unpaired) electrons. The van der Waals surface area contributed by atoms with Crippen LogP contribution in [0.25, 0.3) is 0 Å². The van der Waals surface area contributed by atoms with Gasteiger partial charge in [0.05, 0.1) is 33.0 Å². The van der Waals surface area contributed by atoms with E-state index in [2.05, 4.69) is 10.1 Å². The van der Waals surface area contributed by atoms with Crippen LogP contribution >= 0.6 is 0 Å². The molecule has 2 atom stereocenters. The largest absolute Gasteiger partial charge is 0.467 e. The van der Waals surface area contributed by atoms with Gasteiger partial charge in [-0.25, -0.2) is 4.79 Å². The number of esters is 1. The third-order valence-corrected chi connectivity index (χ3v) is 2.35. The molecule has 6 heteroatoms. The topological polar surface area (TPSA) is 77.0 Å². The molecular formula is C10H19NO5. The molecule has 1 aliphatic heterocycles. The van der Waals surface area contributed by atoms with Crippen LogP contribution in [0.3, 0.4) is 0 Å². The van der Waals surface area contributed by atoms with Gasteiger partial charge in [0.25, 0.3) is 0 Å². The zero-order valence-corrected chi connectivity index (χ0v) is 9.69. The minimum absolute atomic E-state index is 0.0257. The maximum absolute atomic E-state index is 11.1. The minimum Gasteiger partial charge on any atom is -0.467 e. The summed E-state index contributed by atoms with van der Waals surface area (Å²) in [5, 5.41) is 12.7. The maximum atomic E-state index is 11.1. The molecule has 0 aliphatic carbocycles. The normalized spacial score (nSPS) is 24.8. The molecule has 1 rings (SSSR count). The predicted octanol–water partition coefficient (Wildman–Crippen LogP) is -1.08. The molecule has 6 nitrogen and oxygen atoms in total. The summed E-state index contributed by atoms with van der Waals surface area (Å²) in [5.41, 5.74) is -1.51. The highest BCUT2D eigenvalue weighted by Crippen LogP contribution is 2.04. The summed E-state index contributed by atoms with van der Waals surface area (Å²) in [7, 11) is 1.24. The molecule has 0 saturated carbocycles. The number of methoxy groups -OCH3 is 1. The van der Waals surface area contributed by atoms with Crippen molar-refractivity contribution >= 4 is 5.97 Å². The Morgan fingerprint density at radius 2 is 2.38 bits per heavy atom. The van der Waals surface area contributed by atoms with Crippen molar-refractivity contribution in [1.82, 2.24) is 5.32 Å². The van der Waals surface area contributed by atoms with Gasteiger partial charge in [-0.1, -0.05) is 0 Å². The van der Waals surface area contributed by atoms with Crippen LogP contribution in [0.1, 0.15) is 6.92 Å². The van der Waals surface area contributed by atoms with Crippen LogP contribution in [-0.4, -0.2) is 62.8 Å². The molecule has 2 N–H and O–H groups in total. The van der Waals surface area contributed by atoms with E-state index in [9.17, 15) is 9.90 Å². The highest BCUT2D eigenvalue weighted by atomic mass is 16.6. The SMILES string of the molecule is COC(=O)C(C)(O)CNCC1COCCO1. The third-order valence-electron chi connectivity index (χ3n) is 2.35. The quantitative estimate of drug-likeness (QED) is 0.588. The van der Waals surface area contributed by atoms with Crippen molar-refractivity contribution in [3.05, 3.63) is 0 Å². The van der Waals surface area contributed by atoms with Gasteiger partial charge in [-0.3, -0.25) is 0 Å². The summed E-state index contributed by atoms with van der Waals surface area (Å²) in [6, 6.07) is 0. The second-order valence-electron chi connectivity index (χ2n) is 3.96. The number of ether oxygens (including phenoxy) is 3. The molecule has 0 aromatic carbocycles. The molecule has 94 valence electrons. The summed E-state index contributed by atoms with van der Waals surface area (Å²) in [6.07, 6.45) is -0.0257. The molecule has 1 saturated heterocycles. The lowest BCUT2D eigenvalue weighted by Gasteiger charge is -2.25. The van der Waals surface area contributed by atoms with Crippen LogP contribution < -0.4 is 5.32 Å². The Kier molecular flexibility index (Phi) is 5.14. The second kappa shape index (κ2) is 6.15. The van der Waals surface area contributed by atoms with Gasteiger partial charge in [-0.05, 0) is 6.92 Å². The smallest absolute Gasteiger partial charge is 0.338 e. The van der Waals surface area contributed by atoms with Crippen molar-refractivity contribution in [3.8, 4) is 0 Å². The van der Waals surface area contributed by atoms with Crippen molar-refractivity contribution in [3.63, 3.8) is 0 Å². The van der Waals surface area contributed by atoms with Gasteiger partial charge in [-0.15, -0.1) is 0 Å². The lowest BCUT2D eigenvalue weighted by atomic mass is 10.1. The van der Waals surface area contributed by atoms with Crippen molar-refractivity contribution in [2.24, 2.45) is 0 Å². The van der Waals surface area contributed by atoms with Crippen LogP contribution in [0.2, 0.25) is 0 Å². The van der Waals surface area contributed by atoms with E-state index in [-0.39, 0.29) is 12.6 Å². The van der Waals surface area contributed by atoms with E-state index in [1.54, 1.807) is 0 Å². The van der Waals surface area contributed by atoms with Crippen LogP contribution in [0.15, 0.2) is 0 Å². The zero-order chi connectivity index (χ0) is 12.0. The molecular weight excluding hydrogens is 214 g/mol. The van der Waals surface area contributed by atoms with Gasteiger partial charge < -0.3 is 24.6 Å². The van der Waals surface area contributed by atoms with Crippen LogP contribution in [0, 0.1) is 0 Å². The van der Waals surface area contributed by atoms with Crippen LogP contribution in [0.4, 0.5) is 0 Å². The van der Waals surface area contributed by atoms with Crippen molar-refractivity contribution < 1.29 is 24.1 Å². The molecule has 0 aromatic rings. The summed E-state index contributed by atoms with van der Waals surface area (Å²) >= 11 is 0. The molecule has 0 aromatic heterocycles. The van der Waals surface area contributed by atoms with Crippen molar-refractivity contribution in [1.29, 1.82) is 0 Å². The molecule has 0 bridgehead atoms. The van der Waals surface area contributed by atoms with E-state index in [0.29, 0.717) is 26.4 Å². The van der Waals surface area contributed by atoms with Gasteiger partial charge >= 0.3 is 5.97 Å². The highest BCUT2D eigenvalue weighted by Gasteiger charge is 2.31. The Morgan fingerprint density at radius 3 is 2.94 bits per heavy atom. The molecule has 1 fully saturated rings. The fourth-order valence-corrected chi connectivity index (χ4v) is 1.42. The van der Waals surface area contributed by atoms with E-state index in [1.165, 1.54) is 14.0 Å². The van der Waals surface area contributed by atoms with Gasteiger partial charge in [0.2, 0.25) is 0 Å². The number of hydrogen-bond acceptors (Lipinski definition) is 6. The first-order chi connectivity index (χ1) is 7.56. The van der Waals surface area contributed by atoms with E-state index in [4.69, 9.17) is 9.47 Å². The molecule has 1 heterocycles. The second-order valence-corrected chi connectivity index (χ2v) is 3.96. The van der Waals surface area contributed by atoms with Gasteiger partial charge in [0.1, 0.15) is 0 Å². The molecule has 0 spiro atoms. The van der Waals surface area contributed by atoms with E-state index in [0.717, 1.165) is 0 Å². The van der Waals surface area contributed by atoms with E-state index >= 15 is 0 Å². The average molecular weight is 233 g/mol. The first-order valence-corrected chi connectivity index (χ1v) is 5.27. The summed E-state index contributed by atoms with van der Waals surface area (Å²) < 4.78 is 15.1. The molecule has 1 aliphatic rings. The Hall–Kier alpha value is -0.690. The number of carbonyl (C=O) groups is 1. The van der Waals surface area contributed by atoms with Crippen LogP contribution in [-0.2, 0) is 19.0 Å². The lowest BCUT2D eigenvalue weighted by Crippen LogP contribution is -2.48. The number of aliphatic hydroxyl groups is 1. The van der Waals surface area contributed by atoms with E-state index in [1.807, 2.05) is 0 Å². The zero-order valence-electron chi connectivity index (χ0n) is 9.69. The first kappa shape index (κ1) is 13.4. The average Bonchev–Trinajstić information content (AvgIpc) is 2.29. The van der Waals surface area contributed by atoms with Gasteiger partial charge in [0, 0.05) is 13.1 Å². The monoisotopic (exact) mass is 233 g/mol. The molecule has 16 heavy (non-hydrogen) atoms. The fourth-order valence-electron chi connectivity index (χ4n) is 1.42. The van der Waals surface area contributed by atoms with Crippen LogP contribution in [0.5, 0.6) is 0 Å². The van der Waals surface area contributed by atoms with Crippen molar-refractivity contribution in [2.45, 2.75) is 18.6 Å². The number of hydrogen-bond donors (Lipinski definition) is 2. The van der Waals surface area contributed by atoms with E-state index < -0.39 is 11.6 Å². The van der Waals surface area contributed by atoms with Gasteiger partial charge in [0.15, 0.2) is 5.60 Å². The Bertz CT molecular complexity index is 225. The Labute approximate surface area is 94.9 Å². The molecule has 0 amide bonds. The maximum Gasteiger partial charge on any atom is 0.338 e. The minimum atomic E-state index is -1.51. The van der Waals surface area contributed by atoms with Crippen molar-refractivity contribution in [2.75, 3.05) is 40.0 Å². The molecule has 2 unspecified atom stereocenters. The summed E-state index contributed by atoms with van der Waals surface area (Å²) in [5.74, 6) is -0.652. The Balaban J connectivity index is 2.20. The predicted molar refractivity (Wildman–Crippen MR) is 56.1 cm³/mol. The number of nitrogens with one attached hydrogen (secondary N) is 1. The first-order valence-electron chi connectivity index (χ1n) is 5.27. The standard InChI is InChI=1S/C10H19NO5/c1-10(13,9(12)14-2)7-11-5-8-6-15-3-4-16-8/h8,11,13H,3-7H2,1-2H3. The van der Waals surface area contributed by atoms with Gasteiger partial charge in [-0.2, -0.15) is 0 Å². The Morgan fingerprint density at radius 1 is 1.62 bits per heavy atom. The number of carbonyl (C=O) groups excluding carboxylic acids is 1. The summed E-state index contributed by atoms with van der Waals surface area (Å²) in [4.78, 5) is 11.1. The lowest BCUT2D eigenvalue weighted by molar-refractivity contribution is -0.160. The highest BCUT2D eigenvalue weighted by molar-refractivity contribution is 5.78. The fraction of sp³-hybridized carbons (Fsp3) is 0.900. The summed E-state index contributed by atoms with van der Waals surface area (Å²) in [6.45, 7) is 3.81. The third kappa shape index (κ3) is 4.05. The number of rotatable bonds is 5.